The van der Waals surface area contributed by atoms with Gasteiger partial charge in [0.25, 0.3) is 6.43 Å². The molecule has 3 rings (SSSR count). The van der Waals surface area contributed by atoms with Crippen LogP contribution in [-0.4, -0.2) is 38.8 Å². The third-order valence-electron chi connectivity index (χ3n) is 4.57. The van der Waals surface area contributed by atoms with Crippen molar-refractivity contribution in [3.8, 4) is 5.75 Å². The molecule has 10 heteroatoms. The fourth-order valence-electron chi connectivity index (χ4n) is 3.05. The topological polar surface area (TPSA) is 69.7 Å². The van der Waals surface area contributed by atoms with Gasteiger partial charge in [-0.3, -0.25) is 0 Å². The van der Waals surface area contributed by atoms with Gasteiger partial charge in [0.05, 0.1) is 10.5 Å². The van der Waals surface area contributed by atoms with E-state index < -0.39 is 39.8 Å². The van der Waals surface area contributed by atoms with Crippen LogP contribution in [0.5, 0.6) is 5.75 Å². The van der Waals surface area contributed by atoms with Gasteiger partial charge in [0.15, 0.2) is 15.4 Å². The van der Waals surface area contributed by atoms with E-state index in [1.807, 2.05) is 0 Å². The normalized spacial score (nSPS) is 20.4. The second-order valence-corrected chi connectivity index (χ2v) is 9.72. The maximum atomic E-state index is 14.5. The first-order valence-electron chi connectivity index (χ1n) is 8.57. The van der Waals surface area contributed by atoms with Crippen LogP contribution < -0.4 is 4.74 Å². The van der Waals surface area contributed by atoms with Gasteiger partial charge in [-0.15, -0.1) is 0 Å². The lowest BCUT2D eigenvalue weighted by Crippen LogP contribution is -2.42. The molecule has 2 atom stereocenters. The number of esters is 1. The molecule has 0 saturated heterocycles. The largest absolute Gasteiger partial charge is 0.449 e. The predicted molar refractivity (Wildman–Crippen MR) is 107 cm³/mol. The van der Waals surface area contributed by atoms with Crippen molar-refractivity contribution < 1.29 is 35.9 Å². The van der Waals surface area contributed by atoms with E-state index in [0.29, 0.717) is 0 Å². The molecule has 1 aliphatic heterocycles. The molecule has 30 heavy (non-hydrogen) atoms. The molecular weight excluding hydrogens is 489 g/mol. The third kappa shape index (κ3) is 4.24. The molecule has 0 fully saturated rings. The molecule has 0 saturated carbocycles. The number of hydrogen-bond acceptors (Lipinski definition) is 5. The molecule has 0 radical (unpaired) electrons. The van der Waals surface area contributed by atoms with Gasteiger partial charge in [-0.1, -0.05) is 28.1 Å². The third-order valence-corrected chi connectivity index (χ3v) is 6.22. The molecule has 0 N–H and O–H groups in total. The lowest BCUT2D eigenvalue weighted by atomic mass is 9.86. The number of cyclic esters (lactones) is 1. The molecule has 1 unspecified atom stereocenters. The van der Waals surface area contributed by atoms with Gasteiger partial charge >= 0.3 is 5.97 Å². The van der Waals surface area contributed by atoms with Crippen LogP contribution in [0.2, 0.25) is 0 Å². The van der Waals surface area contributed by atoms with Crippen LogP contribution in [0.4, 0.5) is 13.2 Å². The highest BCUT2D eigenvalue weighted by Gasteiger charge is 2.55. The minimum Gasteiger partial charge on any atom is -0.449 e. The molecule has 0 aliphatic carbocycles. The maximum absolute atomic E-state index is 14.5. The van der Waals surface area contributed by atoms with E-state index in [4.69, 9.17) is 9.47 Å². The predicted octanol–water partition coefficient (Wildman–Crippen LogP) is 4.56. The number of carbonyl (C=O) groups excluding carboxylic acids is 1. The van der Waals surface area contributed by atoms with Gasteiger partial charge in [-0.2, -0.15) is 0 Å². The molecule has 0 aromatic heterocycles. The molecule has 2 aromatic rings. The van der Waals surface area contributed by atoms with Crippen LogP contribution in [0.25, 0.3) is 5.57 Å². The Morgan fingerprint density at radius 1 is 1.03 bits per heavy atom. The summed E-state index contributed by atoms with van der Waals surface area (Å²) in [7, 11) is -3.52. The summed E-state index contributed by atoms with van der Waals surface area (Å²) in [6.07, 6.45) is -5.26. The summed E-state index contributed by atoms with van der Waals surface area (Å²) in [5.74, 6) is -1.35. The number of sulfone groups is 1. The number of hydrogen-bond donors (Lipinski definition) is 0. The first-order valence-corrected chi connectivity index (χ1v) is 11.3. The zero-order chi connectivity index (χ0) is 22.3. The van der Waals surface area contributed by atoms with E-state index in [2.05, 4.69) is 15.9 Å². The van der Waals surface area contributed by atoms with Crippen molar-refractivity contribution in [1.29, 1.82) is 0 Å². The summed E-state index contributed by atoms with van der Waals surface area (Å²) in [4.78, 5) is 12.4. The van der Waals surface area contributed by atoms with Crippen molar-refractivity contribution in [2.45, 2.75) is 30.0 Å². The minimum atomic E-state index is -3.52. The Bertz CT molecular complexity index is 1100. The Morgan fingerprint density at radius 3 is 2.10 bits per heavy atom. The zero-order valence-corrected chi connectivity index (χ0v) is 18.1. The lowest BCUT2D eigenvalue weighted by molar-refractivity contribution is -0.156. The summed E-state index contributed by atoms with van der Waals surface area (Å²) in [6.45, 7) is 1.03. The van der Waals surface area contributed by atoms with E-state index in [0.717, 1.165) is 17.7 Å². The van der Waals surface area contributed by atoms with Crippen molar-refractivity contribution in [2.24, 2.45) is 0 Å². The highest BCUT2D eigenvalue weighted by atomic mass is 79.9. The zero-order valence-electron chi connectivity index (χ0n) is 15.7. The number of carbonyl (C=O) groups is 1. The van der Waals surface area contributed by atoms with E-state index in [-0.39, 0.29) is 21.8 Å². The van der Waals surface area contributed by atoms with Crippen molar-refractivity contribution in [1.82, 2.24) is 0 Å². The van der Waals surface area contributed by atoms with Crippen LogP contribution in [0.3, 0.4) is 0 Å². The van der Waals surface area contributed by atoms with E-state index in [1.54, 1.807) is 12.1 Å². The fourth-order valence-corrected chi connectivity index (χ4v) is 3.95. The molecular formula is C20H16BrF3O5S. The molecule has 1 aliphatic rings. The Kier molecular flexibility index (Phi) is 6.01. The fraction of sp³-hybridized carbons (Fsp3) is 0.250. The highest BCUT2D eigenvalue weighted by molar-refractivity contribution is 9.10. The smallest absolute Gasteiger partial charge is 0.375 e. The lowest BCUT2D eigenvalue weighted by Gasteiger charge is -2.29. The average Bonchev–Trinajstić information content (AvgIpc) is 2.93. The minimum absolute atomic E-state index is 0.0279. The number of alkyl halides is 3. The van der Waals surface area contributed by atoms with Crippen LogP contribution in [0, 0.1) is 0 Å². The standard InChI is InChI=1S/C20H16BrF3O5S/c1-20(17(22)18(23)24)15(11-3-9-14(10-4-11)30(2,26)27)16(19(25)29-20)28-13-7-5-12(21)6-8-13/h3-10,17-18H,1-2H3/t17?,20-/m1/s1. The summed E-state index contributed by atoms with van der Waals surface area (Å²) in [5.41, 5.74) is -2.45. The van der Waals surface area contributed by atoms with E-state index in [1.165, 1.54) is 36.4 Å². The first kappa shape index (κ1) is 22.4. The monoisotopic (exact) mass is 504 g/mol. The van der Waals surface area contributed by atoms with Gasteiger partial charge in [0.2, 0.25) is 11.9 Å². The molecule has 0 spiro atoms. The Balaban J connectivity index is 2.17. The van der Waals surface area contributed by atoms with Crippen molar-refractivity contribution >= 4 is 37.3 Å². The summed E-state index contributed by atoms with van der Waals surface area (Å²) in [5, 5.41) is 0. The van der Waals surface area contributed by atoms with E-state index >= 15 is 0 Å². The highest BCUT2D eigenvalue weighted by Crippen LogP contribution is 2.45. The Morgan fingerprint density at radius 2 is 1.60 bits per heavy atom. The second-order valence-electron chi connectivity index (χ2n) is 6.79. The van der Waals surface area contributed by atoms with Gasteiger partial charge < -0.3 is 9.47 Å². The SMILES string of the molecule is C[C@@]1(C(F)C(F)F)OC(=O)C(Oc2ccc(Br)cc2)=C1c1ccc(S(C)(=O)=O)cc1. The number of ether oxygens (including phenoxy) is 2. The summed E-state index contributed by atoms with van der Waals surface area (Å²) < 4.78 is 75.8. The Labute approximate surface area is 179 Å². The molecule has 0 amide bonds. The van der Waals surface area contributed by atoms with Crippen LogP contribution >= 0.6 is 15.9 Å². The average molecular weight is 505 g/mol. The van der Waals surface area contributed by atoms with Gasteiger partial charge in [-0.25, -0.2) is 26.4 Å². The summed E-state index contributed by atoms with van der Waals surface area (Å²) >= 11 is 3.25. The quantitative estimate of drug-likeness (QED) is 0.539. The molecule has 5 nitrogen and oxygen atoms in total. The van der Waals surface area contributed by atoms with Crippen LogP contribution in [-0.2, 0) is 19.4 Å². The maximum Gasteiger partial charge on any atom is 0.375 e. The summed E-state index contributed by atoms with van der Waals surface area (Å²) in [6, 6.07) is 11.3. The molecule has 0 bridgehead atoms. The number of halogens is 4. The van der Waals surface area contributed by atoms with E-state index in [9.17, 15) is 26.4 Å². The van der Waals surface area contributed by atoms with Crippen LogP contribution in [0.1, 0.15) is 12.5 Å². The molecule has 2 aromatic carbocycles. The van der Waals surface area contributed by atoms with Gasteiger partial charge in [0, 0.05) is 10.7 Å². The van der Waals surface area contributed by atoms with Crippen molar-refractivity contribution in [3.63, 3.8) is 0 Å². The molecule has 160 valence electrons. The van der Waals surface area contributed by atoms with Gasteiger partial charge in [-0.05, 0) is 48.9 Å². The Hall–Kier alpha value is -2.33. The van der Waals surface area contributed by atoms with Crippen molar-refractivity contribution in [2.75, 3.05) is 6.26 Å². The van der Waals surface area contributed by atoms with Crippen molar-refractivity contribution in [3.05, 3.63) is 64.3 Å². The number of benzene rings is 2. The first-order chi connectivity index (χ1) is 13.9. The number of rotatable bonds is 6. The van der Waals surface area contributed by atoms with Crippen LogP contribution in [0.15, 0.2) is 63.7 Å². The second kappa shape index (κ2) is 8.07. The molecule has 1 heterocycles. The van der Waals surface area contributed by atoms with Gasteiger partial charge in [0.1, 0.15) is 5.75 Å².